The zero-order chi connectivity index (χ0) is 14.7. The van der Waals surface area contributed by atoms with Gasteiger partial charge in [0.05, 0.1) is 6.42 Å². The normalized spacial score (nSPS) is 10.6. The van der Waals surface area contributed by atoms with Gasteiger partial charge >= 0.3 is 5.97 Å². The Bertz CT molecular complexity index is 634. The van der Waals surface area contributed by atoms with Gasteiger partial charge in [-0.3, -0.25) is 4.79 Å². The average Bonchev–Trinajstić information content (AvgIpc) is 2.78. The summed E-state index contributed by atoms with van der Waals surface area (Å²) in [6.07, 6.45) is 1.62. The first kappa shape index (κ1) is 14.5. The maximum Gasteiger partial charge on any atom is 0.308 e. The number of hydrogen-bond donors (Lipinski definition) is 1. The molecule has 1 N–H and O–H groups in total. The van der Waals surface area contributed by atoms with Crippen LogP contribution in [0.4, 0.5) is 0 Å². The van der Waals surface area contributed by atoms with Gasteiger partial charge in [0.25, 0.3) is 0 Å². The van der Waals surface area contributed by atoms with E-state index >= 15 is 0 Å². The van der Waals surface area contributed by atoms with Crippen molar-refractivity contribution in [3.05, 3.63) is 44.9 Å². The predicted molar refractivity (Wildman–Crippen MR) is 78.4 cm³/mol. The van der Waals surface area contributed by atoms with Crippen LogP contribution in [0.25, 0.3) is 0 Å². The highest BCUT2D eigenvalue weighted by Gasteiger charge is 2.08. The summed E-state index contributed by atoms with van der Waals surface area (Å²) in [4.78, 5) is 15.6. The number of rotatable bonds is 5. The van der Waals surface area contributed by atoms with Gasteiger partial charge in [0.1, 0.15) is 17.4 Å². The third-order valence-electron chi connectivity index (χ3n) is 3.04. The summed E-state index contributed by atoms with van der Waals surface area (Å²) in [5.74, 6) is 0.0174. The highest BCUT2D eigenvalue weighted by Crippen LogP contribution is 2.25. The monoisotopic (exact) mass is 291 g/mol. The smallest absolute Gasteiger partial charge is 0.308 e. The molecule has 0 aliphatic rings. The second kappa shape index (κ2) is 6.05. The third kappa shape index (κ3) is 3.57. The van der Waals surface area contributed by atoms with Crippen LogP contribution in [-0.2, 0) is 17.8 Å². The Balaban J connectivity index is 2.05. The van der Waals surface area contributed by atoms with E-state index in [-0.39, 0.29) is 6.42 Å². The van der Waals surface area contributed by atoms with Crippen molar-refractivity contribution in [2.75, 3.05) is 0 Å². The van der Waals surface area contributed by atoms with Crippen LogP contribution in [0.2, 0.25) is 0 Å². The van der Waals surface area contributed by atoms with E-state index in [2.05, 4.69) is 18.0 Å². The highest BCUT2D eigenvalue weighted by atomic mass is 32.1. The molecule has 1 heterocycles. The van der Waals surface area contributed by atoms with Gasteiger partial charge in [-0.15, -0.1) is 11.3 Å². The molecule has 0 amide bonds. The number of ether oxygens (including phenoxy) is 1. The fraction of sp³-hybridized carbons (Fsp3) is 0.333. The lowest BCUT2D eigenvalue weighted by atomic mass is 10.1. The number of aromatic nitrogens is 1. The van der Waals surface area contributed by atoms with Gasteiger partial charge in [0.2, 0.25) is 0 Å². The van der Waals surface area contributed by atoms with Gasteiger partial charge in [0, 0.05) is 11.1 Å². The van der Waals surface area contributed by atoms with Crippen molar-refractivity contribution in [2.45, 2.75) is 33.8 Å². The first-order valence-electron chi connectivity index (χ1n) is 6.31. The average molecular weight is 291 g/mol. The van der Waals surface area contributed by atoms with Crippen molar-refractivity contribution in [2.24, 2.45) is 0 Å². The fourth-order valence-electron chi connectivity index (χ4n) is 1.94. The molecular weight excluding hydrogens is 274 g/mol. The summed E-state index contributed by atoms with van der Waals surface area (Å²) in [5, 5.41) is 9.52. The quantitative estimate of drug-likeness (QED) is 0.918. The van der Waals surface area contributed by atoms with Crippen LogP contribution < -0.4 is 4.74 Å². The Kier molecular flexibility index (Phi) is 4.39. The number of benzene rings is 1. The van der Waals surface area contributed by atoms with Crippen LogP contribution in [0.1, 0.15) is 26.6 Å². The molecule has 0 fully saturated rings. The Morgan fingerprint density at radius 1 is 1.35 bits per heavy atom. The number of carboxylic acid groups (broad SMARTS) is 1. The lowest BCUT2D eigenvalue weighted by Crippen LogP contribution is -1.98. The van der Waals surface area contributed by atoms with Crippen LogP contribution in [0.15, 0.2) is 18.3 Å². The van der Waals surface area contributed by atoms with E-state index in [0.717, 1.165) is 26.8 Å². The first-order valence-corrected chi connectivity index (χ1v) is 7.13. The molecule has 5 heteroatoms. The molecule has 0 saturated carbocycles. The summed E-state index contributed by atoms with van der Waals surface area (Å²) < 4.78 is 5.80. The molecular formula is C15H17NO3S. The van der Waals surface area contributed by atoms with Crippen molar-refractivity contribution in [1.82, 2.24) is 4.98 Å². The summed E-state index contributed by atoms with van der Waals surface area (Å²) in [6, 6.07) is 4.13. The molecule has 0 aliphatic carbocycles. The Morgan fingerprint density at radius 3 is 2.80 bits per heavy atom. The standard InChI is InChI=1S/C15H17NO3S/c1-9-4-10(2)11(3)13(5-9)19-8-14-16-7-12(20-14)6-15(17)18/h4-5,7H,6,8H2,1-3H3,(H,17,18). The lowest BCUT2D eigenvalue weighted by molar-refractivity contribution is -0.136. The number of carboxylic acids is 1. The number of thiazole rings is 1. The van der Waals surface area contributed by atoms with Crippen molar-refractivity contribution in [1.29, 1.82) is 0 Å². The number of nitrogens with zero attached hydrogens (tertiary/aromatic N) is 1. The maximum atomic E-state index is 10.6. The second-order valence-electron chi connectivity index (χ2n) is 4.78. The molecule has 0 bridgehead atoms. The van der Waals surface area contributed by atoms with E-state index in [0.29, 0.717) is 6.61 Å². The largest absolute Gasteiger partial charge is 0.486 e. The number of aryl methyl sites for hydroxylation is 2. The van der Waals surface area contributed by atoms with Crippen molar-refractivity contribution in [3.8, 4) is 5.75 Å². The van der Waals surface area contributed by atoms with E-state index < -0.39 is 5.97 Å². The molecule has 0 radical (unpaired) electrons. The summed E-state index contributed by atoms with van der Waals surface area (Å²) in [7, 11) is 0. The third-order valence-corrected chi connectivity index (χ3v) is 4.01. The van der Waals surface area contributed by atoms with E-state index in [4.69, 9.17) is 9.84 Å². The lowest BCUT2D eigenvalue weighted by Gasteiger charge is -2.11. The van der Waals surface area contributed by atoms with Gasteiger partial charge in [-0.2, -0.15) is 0 Å². The SMILES string of the molecule is Cc1cc(C)c(C)c(OCc2ncc(CC(=O)O)s2)c1. The first-order chi connectivity index (χ1) is 9.45. The molecule has 0 unspecified atom stereocenters. The van der Waals surface area contributed by atoms with Crippen LogP contribution in [0, 0.1) is 20.8 Å². The van der Waals surface area contributed by atoms with E-state index in [1.807, 2.05) is 19.9 Å². The topological polar surface area (TPSA) is 59.4 Å². The minimum Gasteiger partial charge on any atom is -0.486 e. The van der Waals surface area contributed by atoms with Gasteiger partial charge in [-0.1, -0.05) is 6.07 Å². The molecule has 20 heavy (non-hydrogen) atoms. The highest BCUT2D eigenvalue weighted by molar-refractivity contribution is 7.11. The number of carbonyl (C=O) groups is 1. The minimum absolute atomic E-state index is 0.0141. The van der Waals surface area contributed by atoms with Gasteiger partial charge < -0.3 is 9.84 Å². The molecule has 0 atom stereocenters. The Labute approximate surface area is 122 Å². The van der Waals surface area contributed by atoms with Crippen LogP contribution in [-0.4, -0.2) is 16.1 Å². The van der Waals surface area contributed by atoms with Crippen molar-refractivity contribution >= 4 is 17.3 Å². The van der Waals surface area contributed by atoms with Gasteiger partial charge in [-0.25, -0.2) is 4.98 Å². The Hall–Kier alpha value is -1.88. The molecule has 1 aromatic heterocycles. The molecule has 4 nitrogen and oxygen atoms in total. The maximum absolute atomic E-state index is 10.6. The van der Waals surface area contributed by atoms with E-state index in [1.54, 1.807) is 6.20 Å². The molecule has 2 rings (SSSR count). The number of aliphatic carboxylic acids is 1. The fourth-order valence-corrected chi connectivity index (χ4v) is 2.76. The summed E-state index contributed by atoms with van der Waals surface area (Å²) in [5.41, 5.74) is 3.48. The Morgan fingerprint density at radius 2 is 2.10 bits per heavy atom. The zero-order valence-electron chi connectivity index (χ0n) is 11.8. The van der Waals surface area contributed by atoms with Crippen LogP contribution >= 0.6 is 11.3 Å². The van der Waals surface area contributed by atoms with Gasteiger partial charge in [-0.05, 0) is 43.5 Å². The van der Waals surface area contributed by atoms with Gasteiger partial charge in [0.15, 0.2) is 0 Å². The summed E-state index contributed by atoms with van der Waals surface area (Å²) in [6.45, 7) is 6.49. The molecule has 1 aromatic carbocycles. The predicted octanol–water partition coefficient (Wildman–Crippen LogP) is 3.27. The second-order valence-corrected chi connectivity index (χ2v) is 5.98. The molecule has 106 valence electrons. The van der Waals surface area contributed by atoms with E-state index in [9.17, 15) is 4.79 Å². The molecule has 2 aromatic rings. The minimum atomic E-state index is -0.841. The molecule has 0 spiro atoms. The van der Waals surface area contributed by atoms with Crippen molar-refractivity contribution < 1.29 is 14.6 Å². The van der Waals surface area contributed by atoms with Crippen LogP contribution in [0.3, 0.4) is 0 Å². The molecule has 0 saturated heterocycles. The van der Waals surface area contributed by atoms with Crippen LogP contribution in [0.5, 0.6) is 5.75 Å². The zero-order valence-corrected chi connectivity index (χ0v) is 12.6. The molecule has 0 aliphatic heterocycles. The van der Waals surface area contributed by atoms with E-state index in [1.165, 1.54) is 16.9 Å². The number of hydrogen-bond acceptors (Lipinski definition) is 4. The summed E-state index contributed by atoms with van der Waals surface area (Å²) >= 11 is 1.38. The van der Waals surface area contributed by atoms with Crippen molar-refractivity contribution in [3.63, 3.8) is 0 Å².